The molecule has 14 heavy (non-hydrogen) atoms. The molecule has 0 aliphatic heterocycles. The second-order valence-corrected chi connectivity index (χ2v) is 4.12. The highest BCUT2D eigenvalue weighted by Crippen LogP contribution is 2.10. The summed E-state index contributed by atoms with van der Waals surface area (Å²) in [5.74, 6) is 0. The Morgan fingerprint density at radius 2 is 2.07 bits per heavy atom. The molecule has 0 bridgehead atoms. The van der Waals surface area contributed by atoms with Gasteiger partial charge in [-0.05, 0) is 41.9 Å². The van der Waals surface area contributed by atoms with E-state index in [1.54, 1.807) is 17.5 Å². The summed E-state index contributed by atoms with van der Waals surface area (Å²) in [6.07, 6.45) is 1.73. The Morgan fingerprint density at radius 3 is 2.79 bits per heavy atom. The molecule has 0 aliphatic carbocycles. The van der Waals surface area contributed by atoms with Crippen molar-refractivity contribution in [1.29, 1.82) is 0 Å². The van der Waals surface area contributed by atoms with E-state index in [9.17, 15) is 4.79 Å². The van der Waals surface area contributed by atoms with E-state index in [1.807, 2.05) is 19.1 Å². The number of halogens is 1. The number of nitrogens with zero attached hydrogens (tertiary/aromatic N) is 2. The van der Waals surface area contributed by atoms with Crippen LogP contribution in [0.4, 0.5) is 0 Å². The van der Waals surface area contributed by atoms with Crippen LogP contribution in [0.1, 0.15) is 11.3 Å². The summed E-state index contributed by atoms with van der Waals surface area (Å²) >= 11 is 3.32. The second-order valence-electron chi connectivity index (χ2n) is 3.20. The lowest BCUT2D eigenvalue weighted by molar-refractivity contribution is 0.980. The third-order valence-corrected chi connectivity index (χ3v) is 2.72. The van der Waals surface area contributed by atoms with E-state index in [0.717, 1.165) is 10.2 Å². The zero-order valence-electron chi connectivity index (χ0n) is 7.91. The number of rotatable bonds is 0. The van der Waals surface area contributed by atoms with Crippen molar-refractivity contribution in [2.45, 2.75) is 13.8 Å². The van der Waals surface area contributed by atoms with Gasteiger partial charge in [0.25, 0.3) is 5.56 Å². The average molecular weight is 253 g/mol. The summed E-state index contributed by atoms with van der Waals surface area (Å²) in [6, 6.07) is 3.69. The summed E-state index contributed by atoms with van der Waals surface area (Å²) in [5, 5.41) is 0. The van der Waals surface area contributed by atoms with Gasteiger partial charge in [-0.15, -0.1) is 0 Å². The van der Waals surface area contributed by atoms with Gasteiger partial charge < -0.3 is 0 Å². The summed E-state index contributed by atoms with van der Waals surface area (Å²) in [5.41, 5.74) is 2.16. The molecule has 0 radical (unpaired) electrons. The zero-order valence-corrected chi connectivity index (χ0v) is 9.50. The fourth-order valence-electron chi connectivity index (χ4n) is 1.31. The Balaban J connectivity index is 2.99. The van der Waals surface area contributed by atoms with Crippen LogP contribution in [0.3, 0.4) is 0 Å². The topological polar surface area (TPSA) is 34.4 Å². The summed E-state index contributed by atoms with van der Waals surface area (Å²) in [7, 11) is 0. The minimum atomic E-state index is -0.00574. The molecule has 72 valence electrons. The molecule has 0 aromatic carbocycles. The lowest BCUT2D eigenvalue weighted by Crippen LogP contribution is -2.18. The standard InChI is InChI=1S/C10H9BrN2O/c1-6-7(2)12-9-4-3-8(11)5-13(9)10(6)14/h3-5H,1-2H3. The van der Waals surface area contributed by atoms with Crippen LogP contribution in [0.5, 0.6) is 0 Å². The number of aryl methyl sites for hydroxylation is 1. The van der Waals surface area contributed by atoms with Crippen LogP contribution >= 0.6 is 15.9 Å². The third-order valence-electron chi connectivity index (χ3n) is 2.26. The van der Waals surface area contributed by atoms with Crippen molar-refractivity contribution in [3.8, 4) is 0 Å². The maximum Gasteiger partial charge on any atom is 0.261 e. The molecule has 0 aliphatic rings. The van der Waals surface area contributed by atoms with Crippen molar-refractivity contribution < 1.29 is 0 Å². The first kappa shape index (κ1) is 9.40. The Morgan fingerprint density at radius 1 is 1.36 bits per heavy atom. The number of hydrogen-bond donors (Lipinski definition) is 0. The highest BCUT2D eigenvalue weighted by molar-refractivity contribution is 9.10. The summed E-state index contributed by atoms with van der Waals surface area (Å²) in [4.78, 5) is 16.1. The number of pyridine rings is 1. The Hall–Kier alpha value is -1.16. The molecular weight excluding hydrogens is 244 g/mol. The molecular formula is C10H9BrN2O. The molecule has 0 saturated carbocycles. The molecule has 0 N–H and O–H groups in total. The average Bonchev–Trinajstić information content (AvgIpc) is 2.16. The van der Waals surface area contributed by atoms with Crippen molar-refractivity contribution in [2.75, 3.05) is 0 Å². The minimum absolute atomic E-state index is 0.00574. The molecule has 2 heterocycles. The van der Waals surface area contributed by atoms with Crippen molar-refractivity contribution >= 4 is 21.6 Å². The maximum absolute atomic E-state index is 11.8. The number of fused-ring (bicyclic) bond motifs is 1. The largest absolute Gasteiger partial charge is 0.269 e. The van der Waals surface area contributed by atoms with Crippen molar-refractivity contribution in [2.24, 2.45) is 0 Å². The van der Waals surface area contributed by atoms with Crippen molar-refractivity contribution in [3.63, 3.8) is 0 Å². The monoisotopic (exact) mass is 252 g/mol. The number of hydrogen-bond acceptors (Lipinski definition) is 2. The fourth-order valence-corrected chi connectivity index (χ4v) is 1.65. The highest BCUT2D eigenvalue weighted by Gasteiger charge is 2.04. The van der Waals surface area contributed by atoms with Crippen LogP contribution in [-0.2, 0) is 0 Å². The molecule has 0 amide bonds. The van der Waals surface area contributed by atoms with E-state index >= 15 is 0 Å². The fraction of sp³-hybridized carbons (Fsp3) is 0.200. The van der Waals surface area contributed by atoms with Crippen LogP contribution in [-0.4, -0.2) is 9.38 Å². The normalized spacial score (nSPS) is 10.8. The van der Waals surface area contributed by atoms with E-state index < -0.39 is 0 Å². The van der Waals surface area contributed by atoms with E-state index in [0.29, 0.717) is 11.2 Å². The quantitative estimate of drug-likeness (QED) is 0.720. The zero-order chi connectivity index (χ0) is 10.3. The molecule has 2 aromatic heterocycles. The lowest BCUT2D eigenvalue weighted by Gasteiger charge is -2.04. The molecule has 3 nitrogen and oxygen atoms in total. The molecule has 2 aromatic rings. The van der Waals surface area contributed by atoms with Gasteiger partial charge in [0.05, 0.1) is 0 Å². The summed E-state index contributed by atoms with van der Waals surface area (Å²) in [6.45, 7) is 3.64. The van der Waals surface area contributed by atoms with E-state index in [4.69, 9.17) is 0 Å². The van der Waals surface area contributed by atoms with Crippen LogP contribution in [0, 0.1) is 13.8 Å². The molecule has 0 unspecified atom stereocenters. The van der Waals surface area contributed by atoms with Crippen LogP contribution in [0.25, 0.3) is 5.65 Å². The van der Waals surface area contributed by atoms with Crippen LogP contribution < -0.4 is 5.56 Å². The lowest BCUT2D eigenvalue weighted by atomic mass is 10.2. The predicted octanol–water partition coefficient (Wildman–Crippen LogP) is 2.07. The molecule has 0 fully saturated rings. The van der Waals surface area contributed by atoms with E-state index in [1.165, 1.54) is 0 Å². The van der Waals surface area contributed by atoms with Crippen LogP contribution in [0.15, 0.2) is 27.6 Å². The molecule has 4 heteroatoms. The summed E-state index contributed by atoms with van der Waals surface area (Å²) < 4.78 is 2.42. The maximum atomic E-state index is 11.8. The first-order valence-corrected chi connectivity index (χ1v) is 5.04. The number of aromatic nitrogens is 2. The van der Waals surface area contributed by atoms with Gasteiger partial charge in [-0.2, -0.15) is 0 Å². The Kier molecular flexibility index (Phi) is 2.15. The van der Waals surface area contributed by atoms with Gasteiger partial charge >= 0.3 is 0 Å². The smallest absolute Gasteiger partial charge is 0.261 e. The van der Waals surface area contributed by atoms with Gasteiger partial charge in [-0.1, -0.05) is 0 Å². The SMILES string of the molecule is Cc1nc2ccc(Br)cn2c(=O)c1C. The van der Waals surface area contributed by atoms with Crippen molar-refractivity contribution in [1.82, 2.24) is 9.38 Å². The highest BCUT2D eigenvalue weighted by atomic mass is 79.9. The van der Waals surface area contributed by atoms with Gasteiger partial charge in [-0.3, -0.25) is 9.20 Å². The van der Waals surface area contributed by atoms with Gasteiger partial charge in [-0.25, -0.2) is 4.98 Å². The Labute approximate surface area is 89.5 Å². The minimum Gasteiger partial charge on any atom is -0.269 e. The molecule has 0 atom stereocenters. The Bertz CT molecular complexity index is 560. The predicted molar refractivity (Wildman–Crippen MR) is 58.6 cm³/mol. The first-order valence-electron chi connectivity index (χ1n) is 4.25. The van der Waals surface area contributed by atoms with Gasteiger partial charge in [0.15, 0.2) is 0 Å². The molecule has 0 saturated heterocycles. The van der Waals surface area contributed by atoms with Gasteiger partial charge in [0.2, 0.25) is 0 Å². The second kappa shape index (κ2) is 3.20. The molecule has 2 rings (SSSR count). The van der Waals surface area contributed by atoms with E-state index in [-0.39, 0.29) is 5.56 Å². The molecule has 0 spiro atoms. The van der Waals surface area contributed by atoms with Gasteiger partial charge in [0.1, 0.15) is 5.65 Å². The van der Waals surface area contributed by atoms with Crippen LogP contribution in [0.2, 0.25) is 0 Å². The van der Waals surface area contributed by atoms with Gasteiger partial charge in [0, 0.05) is 21.9 Å². The first-order chi connectivity index (χ1) is 6.59. The van der Waals surface area contributed by atoms with E-state index in [2.05, 4.69) is 20.9 Å². The third kappa shape index (κ3) is 1.35. The van der Waals surface area contributed by atoms with Crippen molar-refractivity contribution in [3.05, 3.63) is 44.4 Å².